The van der Waals surface area contributed by atoms with Crippen LogP contribution in [0, 0.1) is 6.92 Å². The molecule has 3 heterocycles. The molecule has 1 fully saturated rings. The molecule has 0 saturated carbocycles. The van der Waals surface area contributed by atoms with Crippen molar-refractivity contribution in [1.29, 1.82) is 0 Å². The number of fused-ring (bicyclic) bond motifs is 1. The highest BCUT2D eigenvalue weighted by molar-refractivity contribution is 5.97. The number of amides is 1. The number of rotatable bonds is 5. The van der Waals surface area contributed by atoms with Crippen molar-refractivity contribution >= 4 is 16.9 Å². The summed E-state index contributed by atoms with van der Waals surface area (Å²) in [6.07, 6.45) is 3.83. The zero-order valence-corrected chi connectivity index (χ0v) is 15.7. The maximum Gasteiger partial charge on any atom is 0.289 e. The lowest BCUT2D eigenvalue weighted by atomic mass is 10.2. The molecule has 1 amide bonds. The van der Waals surface area contributed by atoms with Gasteiger partial charge < -0.3 is 18.6 Å². The maximum absolute atomic E-state index is 12.8. The van der Waals surface area contributed by atoms with E-state index in [0.29, 0.717) is 30.2 Å². The van der Waals surface area contributed by atoms with Gasteiger partial charge in [0.25, 0.3) is 5.91 Å². The second-order valence-electron chi connectivity index (χ2n) is 6.79. The Morgan fingerprint density at radius 2 is 2.04 bits per heavy atom. The summed E-state index contributed by atoms with van der Waals surface area (Å²) in [5.41, 5.74) is 0.623. The average molecular weight is 368 g/mol. The van der Waals surface area contributed by atoms with Gasteiger partial charge in [0.2, 0.25) is 0 Å². The van der Waals surface area contributed by atoms with Gasteiger partial charge in [-0.2, -0.15) is 0 Å². The summed E-state index contributed by atoms with van der Waals surface area (Å²) in [7, 11) is 1.60. The van der Waals surface area contributed by atoms with Gasteiger partial charge >= 0.3 is 0 Å². The number of carbonyl (C=O) groups is 1. The van der Waals surface area contributed by atoms with Gasteiger partial charge in [0.1, 0.15) is 5.82 Å². The minimum atomic E-state index is -0.0571. The molecule has 7 nitrogen and oxygen atoms in total. The molecule has 1 aliphatic rings. The number of benzene rings is 1. The Labute approximate surface area is 158 Å². The van der Waals surface area contributed by atoms with Gasteiger partial charge in [-0.15, -0.1) is 0 Å². The van der Waals surface area contributed by atoms with Crippen LogP contribution in [0.15, 0.2) is 41.1 Å². The molecule has 7 heteroatoms. The number of aromatic nitrogens is 2. The number of methoxy groups -OCH3 is 1. The highest BCUT2D eigenvalue weighted by Gasteiger charge is 2.25. The number of aryl methyl sites for hydroxylation is 1. The third kappa shape index (κ3) is 3.55. The Balaban J connectivity index is 1.36. The number of para-hydroxylation sites is 1. The van der Waals surface area contributed by atoms with E-state index in [2.05, 4.69) is 14.5 Å². The molecule has 0 aliphatic carbocycles. The van der Waals surface area contributed by atoms with E-state index in [1.807, 2.05) is 42.4 Å². The lowest BCUT2D eigenvalue weighted by Crippen LogP contribution is -2.49. The Bertz CT molecular complexity index is 938. The lowest BCUT2D eigenvalue weighted by Gasteiger charge is -2.34. The fraction of sp³-hybridized carbons (Fsp3) is 0.400. The molecule has 0 atom stereocenters. The van der Waals surface area contributed by atoms with Crippen LogP contribution in [0.5, 0.6) is 5.75 Å². The summed E-state index contributed by atoms with van der Waals surface area (Å²) in [5.74, 6) is 1.99. The summed E-state index contributed by atoms with van der Waals surface area (Å²) >= 11 is 0. The van der Waals surface area contributed by atoms with Crippen molar-refractivity contribution in [2.24, 2.45) is 0 Å². The third-order valence-corrected chi connectivity index (χ3v) is 5.18. The Kier molecular flexibility index (Phi) is 4.85. The highest BCUT2D eigenvalue weighted by Crippen LogP contribution is 2.29. The van der Waals surface area contributed by atoms with Crippen molar-refractivity contribution in [3.8, 4) is 5.75 Å². The van der Waals surface area contributed by atoms with Crippen molar-refractivity contribution in [1.82, 2.24) is 19.4 Å². The van der Waals surface area contributed by atoms with Crippen LogP contribution < -0.4 is 4.74 Å². The molecule has 4 rings (SSSR count). The van der Waals surface area contributed by atoms with E-state index in [4.69, 9.17) is 9.15 Å². The van der Waals surface area contributed by atoms with Gasteiger partial charge in [-0.05, 0) is 19.1 Å². The highest BCUT2D eigenvalue weighted by atomic mass is 16.5. The second kappa shape index (κ2) is 7.44. The molecular weight excluding hydrogens is 344 g/mol. The molecular formula is C20H24N4O3. The molecule has 0 spiro atoms. The molecule has 2 aromatic heterocycles. The number of piperazine rings is 1. The summed E-state index contributed by atoms with van der Waals surface area (Å²) < 4.78 is 13.3. The van der Waals surface area contributed by atoms with E-state index in [9.17, 15) is 4.79 Å². The fourth-order valence-electron chi connectivity index (χ4n) is 3.52. The first-order valence-electron chi connectivity index (χ1n) is 9.21. The van der Waals surface area contributed by atoms with Gasteiger partial charge in [0.05, 0.1) is 7.11 Å². The van der Waals surface area contributed by atoms with E-state index in [0.717, 1.165) is 37.4 Å². The predicted octanol–water partition coefficient (Wildman–Crippen LogP) is 2.40. The number of nitrogens with zero attached hydrogens (tertiary/aromatic N) is 4. The van der Waals surface area contributed by atoms with E-state index >= 15 is 0 Å². The summed E-state index contributed by atoms with van der Waals surface area (Å²) in [6.45, 7) is 7.03. The van der Waals surface area contributed by atoms with Crippen LogP contribution in [0.4, 0.5) is 0 Å². The molecule has 27 heavy (non-hydrogen) atoms. The standard InChI is InChI=1S/C20H24N4O3/c1-15-21-6-7-23(15)11-8-22-9-12-24(13-10-22)20(25)18-14-16-4-3-5-17(26-2)19(16)27-18/h3-7,14H,8-13H2,1-2H3. The molecule has 1 saturated heterocycles. The molecule has 0 radical (unpaired) electrons. The first kappa shape index (κ1) is 17.6. The molecule has 0 unspecified atom stereocenters. The normalized spacial score (nSPS) is 15.4. The van der Waals surface area contributed by atoms with Crippen molar-refractivity contribution in [3.63, 3.8) is 0 Å². The van der Waals surface area contributed by atoms with E-state index in [1.165, 1.54) is 0 Å². The smallest absolute Gasteiger partial charge is 0.289 e. The number of hydrogen-bond acceptors (Lipinski definition) is 5. The predicted molar refractivity (Wildman–Crippen MR) is 102 cm³/mol. The van der Waals surface area contributed by atoms with Crippen LogP contribution in [0.2, 0.25) is 0 Å². The molecule has 0 N–H and O–H groups in total. The zero-order valence-electron chi connectivity index (χ0n) is 15.7. The third-order valence-electron chi connectivity index (χ3n) is 5.18. The monoisotopic (exact) mass is 368 g/mol. The molecule has 142 valence electrons. The van der Waals surface area contributed by atoms with E-state index < -0.39 is 0 Å². The van der Waals surface area contributed by atoms with E-state index in [-0.39, 0.29) is 5.91 Å². The van der Waals surface area contributed by atoms with Crippen molar-refractivity contribution in [2.45, 2.75) is 13.5 Å². The number of carbonyl (C=O) groups excluding carboxylic acids is 1. The second-order valence-corrected chi connectivity index (χ2v) is 6.79. The van der Waals surface area contributed by atoms with Gasteiger partial charge in [0, 0.05) is 57.0 Å². The number of hydrogen-bond donors (Lipinski definition) is 0. The van der Waals surface area contributed by atoms with Crippen molar-refractivity contribution < 1.29 is 13.9 Å². The van der Waals surface area contributed by atoms with Gasteiger partial charge in [-0.25, -0.2) is 4.98 Å². The zero-order chi connectivity index (χ0) is 18.8. The first-order valence-corrected chi connectivity index (χ1v) is 9.21. The topological polar surface area (TPSA) is 63.7 Å². The summed E-state index contributed by atoms with van der Waals surface area (Å²) in [6, 6.07) is 7.45. The Hall–Kier alpha value is -2.80. The Morgan fingerprint density at radius 3 is 2.74 bits per heavy atom. The molecule has 1 aromatic carbocycles. The largest absolute Gasteiger partial charge is 0.493 e. The quantitative estimate of drug-likeness (QED) is 0.692. The van der Waals surface area contributed by atoms with Gasteiger partial charge in [-0.3, -0.25) is 9.69 Å². The molecule has 1 aliphatic heterocycles. The van der Waals surface area contributed by atoms with Gasteiger partial charge in [-0.1, -0.05) is 12.1 Å². The minimum absolute atomic E-state index is 0.0571. The summed E-state index contributed by atoms with van der Waals surface area (Å²) in [4.78, 5) is 21.3. The van der Waals surface area contributed by atoms with Crippen LogP contribution in [0.3, 0.4) is 0 Å². The maximum atomic E-state index is 12.8. The minimum Gasteiger partial charge on any atom is -0.493 e. The fourth-order valence-corrected chi connectivity index (χ4v) is 3.52. The molecule has 0 bridgehead atoms. The van der Waals surface area contributed by atoms with Crippen LogP contribution in [-0.4, -0.2) is 65.1 Å². The van der Waals surface area contributed by atoms with Crippen LogP contribution in [0.25, 0.3) is 11.0 Å². The average Bonchev–Trinajstić information content (AvgIpc) is 3.32. The van der Waals surface area contributed by atoms with Crippen molar-refractivity contribution in [3.05, 3.63) is 48.2 Å². The first-order chi connectivity index (χ1) is 13.2. The van der Waals surface area contributed by atoms with Crippen LogP contribution in [0.1, 0.15) is 16.4 Å². The number of furan rings is 1. The summed E-state index contributed by atoms with van der Waals surface area (Å²) in [5, 5.41) is 0.882. The number of imidazole rings is 1. The van der Waals surface area contributed by atoms with Crippen LogP contribution >= 0.6 is 0 Å². The van der Waals surface area contributed by atoms with Gasteiger partial charge in [0.15, 0.2) is 17.1 Å². The lowest BCUT2D eigenvalue weighted by molar-refractivity contribution is 0.0604. The van der Waals surface area contributed by atoms with Crippen molar-refractivity contribution in [2.75, 3.05) is 39.8 Å². The molecule has 3 aromatic rings. The number of ether oxygens (including phenoxy) is 1. The SMILES string of the molecule is COc1cccc2cc(C(=O)N3CCN(CCn4ccnc4C)CC3)oc12. The van der Waals surface area contributed by atoms with E-state index in [1.54, 1.807) is 13.2 Å². The van der Waals surface area contributed by atoms with Crippen LogP contribution in [-0.2, 0) is 6.54 Å². The Morgan fingerprint density at radius 1 is 1.22 bits per heavy atom.